The molecule has 1 heterocycles. The minimum absolute atomic E-state index is 0.647. The van der Waals surface area contributed by atoms with Crippen LogP contribution in [0.25, 0.3) is 0 Å². The Morgan fingerprint density at radius 1 is 1.26 bits per heavy atom. The van der Waals surface area contributed by atoms with Gasteiger partial charge in [-0.3, -0.25) is 9.89 Å². The molecule has 23 heavy (non-hydrogen) atoms. The number of nitrogens with one attached hydrogen (secondary N) is 2. The summed E-state index contributed by atoms with van der Waals surface area (Å²) in [5.41, 5.74) is 0. The Morgan fingerprint density at radius 2 is 2.04 bits per heavy atom. The number of nitrogens with zero attached hydrogens (tertiary/aromatic N) is 2. The number of likely N-dealkylation sites (tertiary alicyclic amines) is 1. The number of hydrogen-bond acceptors (Lipinski definition) is 3. The van der Waals surface area contributed by atoms with Gasteiger partial charge in [-0.05, 0) is 38.1 Å². The van der Waals surface area contributed by atoms with Crippen LogP contribution in [0.5, 0.6) is 0 Å². The van der Waals surface area contributed by atoms with E-state index in [1.807, 2.05) is 7.05 Å². The number of ether oxygens (including phenoxy) is 1. The third kappa shape index (κ3) is 9.16. The first kappa shape index (κ1) is 20.2. The second-order valence-corrected chi connectivity index (χ2v) is 6.88. The van der Waals surface area contributed by atoms with Gasteiger partial charge in [0.05, 0.1) is 0 Å². The summed E-state index contributed by atoms with van der Waals surface area (Å²) in [4.78, 5) is 6.93. The van der Waals surface area contributed by atoms with Gasteiger partial charge in [-0.25, -0.2) is 0 Å². The Kier molecular flexibility index (Phi) is 11.1. The standard InChI is InChI=1S/C18H38N4O/c1-5-6-12-23-13-8-10-20-18(19-4)21-14-17-9-7-11-22(17)15-16(2)3/h16-17H,5-15H2,1-4H3,(H2,19,20,21)/t17-/m1/s1. The predicted molar refractivity (Wildman–Crippen MR) is 99.1 cm³/mol. The molecule has 1 atom stereocenters. The topological polar surface area (TPSA) is 48.9 Å². The van der Waals surface area contributed by atoms with Crippen LogP contribution in [0.15, 0.2) is 4.99 Å². The quantitative estimate of drug-likeness (QED) is 0.348. The van der Waals surface area contributed by atoms with Crippen molar-refractivity contribution in [3.63, 3.8) is 0 Å². The first-order valence-electron chi connectivity index (χ1n) is 9.43. The zero-order valence-electron chi connectivity index (χ0n) is 15.7. The Balaban J connectivity index is 2.13. The van der Waals surface area contributed by atoms with Gasteiger partial charge < -0.3 is 15.4 Å². The van der Waals surface area contributed by atoms with Crippen LogP contribution in [0, 0.1) is 5.92 Å². The molecule has 1 rings (SSSR count). The summed E-state index contributed by atoms with van der Waals surface area (Å²) < 4.78 is 5.57. The zero-order valence-corrected chi connectivity index (χ0v) is 15.7. The van der Waals surface area contributed by atoms with E-state index in [2.05, 4.69) is 41.3 Å². The van der Waals surface area contributed by atoms with Crippen molar-refractivity contribution in [2.45, 2.75) is 58.9 Å². The van der Waals surface area contributed by atoms with Crippen molar-refractivity contribution < 1.29 is 4.74 Å². The molecule has 0 aromatic carbocycles. The van der Waals surface area contributed by atoms with Crippen LogP contribution < -0.4 is 10.6 Å². The van der Waals surface area contributed by atoms with Gasteiger partial charge in [0.2, 0.25) is 0 Å². The summed E-state index contributed by atoms with van der Waals surface area (Å²) in [5.74, 6) is 1.65. The van der Waals surface area contributed by atoms with Crippen LogP contribution in [0.3, 0.4) is 0 Å². The van der Waals surface area contributed by atoms with Gasteiger partial charge in [-0.2, -0.15) is 0 Å². The van der Waals surface area contributed by atoms with Crippen molar-refractivity contribution in [3.8, 4) is 0 Å². The molecule has 5 heteroatoms. The molecule has 0 unspecified atom stereocenters. The molecule has 136 valence electrons. The summed E-state index contributed by atoms with van der Waals surface area (Å²) in [5, 5.41) is 6.86. The third-order valence-corrected chi connectivity index (χ3v) is 4.23. The highest BCUT2D eigenvalue weighted by molar-refractivity contribution is 5.79. The molecular weight excluding hydrogens is 288 g/mol. The van der Waals surface area contributed by atoms with Gasteiger partial charge in [-0.1, -0.05) is 27.2 Å². The van der Waals surface area contributed by atoms with Crippen molar-refractivity contribution in [3.05, 3.63) is 0 Å². The summed E-state index contributed by atoms with van der Waals surface area (Å²) >= 11 is 0. The van der Waals surface area contributed by atoms with E-state index in [1.165, 1.54) is 32.4 Å². The summed E-state index contributed by atoms with van der Waals surface area (Å²) in [6.07, 6.45) is 5.99. The summed E-state index contributed by atoms with van der Waals surface area (Å²) in [6, 6.07) is 0.647. The molecule has 0 aliphatic carbocycles. The van der Waals surface area contributed by atoms with E-state index < -0.39 is 0 Å². The number of rotatable bonds is 11. The smallest absolute Gasteiger partial charge is 0.191 e. The molecule has 5 nitrogen and oxygen atoms in total. The fourth-order valence-corrected chi connectivity index (χ4v) is 3.00. The highest BCUT2D eigenvalue weighted by Crippen LogP contribution is 2.17. The molecule has 0 aromatic heterocycles. The number of aliphatic imine (C=N–C) groups is 1. The van der Waals surface area contributed by atoms with Gasteiger partial charge in [0.25, 0.3) is 0 Å². The number of unbranched alkanes of at least 4 members (excludes halogenated alkanes) is 1. The SMILES string of the molecule is CCCCOCCCNC(=NC)NC[C@H]1CCCN1CC(C)C. The zero-order chi connectivity index (χ0) is 16.9. The molecule has 0 aromatic rings. The molecule has 1 aliphatic heterocycles. The molecule has 1 aliphatic rings. The van der Waals surface area contributed by atoms with Crippen LogP contribution >= 0.6 is 0 Å². The fraction of sp³-hybridized carbons (Fsp3) is 0.944. The Morgan fingerprint density at radius 3 is 2.74 bits per heavy atom. The van der Waals surface area contributed by atoms with Crippen LogP contribution in [0.4, 0.5) is 0 Å². The van der Waals surface area contributed by atoms with E-state index in [0.29, 0.717) is 6.04 Å². The maximum Gasteiger partial charge on any atom is 0.191 e. The van der Waals surface area contributed by atoms with E-state index in [-0.39, 0.29) is 0 Å². The van der Waals surface area contributed by atoms with Crippen LogP contribution in [-0.4, -0.2) is 63.3 Å². The second-order valence-electron chi connectivity index (χ2n) is 6.88. The molecule has 0 radical (unpaired) electrons. The summed E-state index contributed by atoms with van der Waals surface area (Å²) in [7, 11) is 1.84. The average Bonchev–Trinajstić information content (AvgIpc) is 2.95. The maximum atomic E-state index is 5.57. The lowest BCUT2D eigenvalue weighted by Crippen LogP contribution is -2.45. The molecule has 2 N–H and O–H groups in total. The first-order chi connectivity index (χ1) is 11.2. The minimum atomic E-state index is 0.647. The monoisotopic (exact) mass is 326 g/mol. The number of guanidine groups is 1. The molecular formula is C18H38N4O. The van der Waals surface area contributed by atoms with Crippen LogP contribution in [-0.2, 0) is 4.74 Å². The Labute approximate surface area is 143 Å². The maximum absolute atomic E-state index is 5.57. The van der Waals surface area contributed by atoms with E-state index in [1.54, 1.807) is 0 Å². The predicted octanol–water partition coefficient (Wildman–Crippen LogP) is 2.48. The first-order valence-corrected chi connectivity index (χ1v) is 9.43. The van der Waals surface area contributed by atoms with E-state index in [0.717, 1.165) is 51.0 Å². The lowest BCUT2D eigenvalue weighted by atomic mass is 10.1. The highest BCUT2D eigenvalue weighted by atomic mass is 16.5. The van der Waals surface area contributed by atoms with Crippen LogP contribution in [0.2, 0.25) is 0 Å². The van der Waals surface area contributed by atoms with E-state index >= 15 is 0 Å². The normalized spacial score (nSPS) is 19.5. The van der Waals surface area contributed by atoms with E-state index in [9.17, 15) is 0 Å². The van der Waals surface area contributed by atoms with Crippen molar-refractivity contribution in [1.82, 2.24) is 15.5 Å². The summed E-state index contributed by atoms with van der Waals surface area (Å²) in [6.45, 7) is 12.8. The molecule has 0 amide bonds. The van der Waals surface area contributed by atoms with Crippen molar-refractivity contribution in [2.24, 2.45) is 10.9 Å². The number of hydrogen-bond donors (Lipinski definition) is 2. The van der Waals surface area contributed by atoms with Crippen LogP contribution in [0.1, 0.15) is 52.9 Å². The average molecular weight is 327 g/mol. The van der Waals surface area contributed by atoms with Crippen molar-refractivity contribution >= 4 is 5.96 Å². The molecule has 0 saturated carbocycles. The lowest BCUT2D eigenvalue weighted by Gasteiger charge is -2.27. The highest BCUT2D eigenvalue weighted by Gasteiger charge is 2.24. The van der Waals surface area contributed by atoms with E-state index in [4.69, 9.17) is 4.74 Å². The largest absolute Gasteiger partial charge is 0.381 e. The second kappa shape index (κ2) is 12.6. The fourth-order valence-electron chi connectivity index (χ4n) is 3.00. The van der Waals surface area contributed by atoms with Gasteiger partial charge in [-0.15, -0.1) is 0 Å². The Bertz CT molecular complexity index is 320. The van der Waals surface area contributed by atoms with Crippen molar-refractivity contribution in [2.75, 3.05) is 46.4 Å². The molecule has 0 bridgehead atoms. The van der Waals surface area contributed by atoms with Crippen molar-refractivity contribution in [1.29, 1.82) is 0 Å². The van der Waals surface area contributed by atoms with Gasteiger partial charge in [0.1, 0.15) is 0 Å². The van der Waals surface area contributed by atoms with Gasteiger partial charge in [0, 0.05) is 45.9 Å². The molecule has 1 saturated heterocycles. The molecule has 0 spiro atoms. The molecule has 1 fully saturated rings. The lowest BCUT2D eigenvalue weighted by molar-refractivity contribution is 0.129. The Hall–Kier alpha value is -0.810. The minimum Gasteiger partial charge on any atom is -0.381 e. The third-order valence-electron chi connectivity index (χ3n) is 4.23. The van der Waals surface area contributed by atoms with Gasteiger partial charge in [0.15, 0.2) is 5.96 Å². The van der Waals surface area contributed by atoms with Gasteiger partial charge >= 0.3 is 0 Å².